The van der Waals surface area contributed by atoms with Gasteiger partial charge < -0.3 is 4.42 Å². The molecule has 1 aromatic heterocycles. The fourth-order valence-corrected chi connectivity index (χ4v) is 3.44. The molecule has 0 aliphatic carbocycles. The third-order valence-electron chi connectivity index (χ3n) is 3.11. The molecule has 0 N–H and O–H groups in total. The SMILES string of the molecule is Cc1nnc(CCC[S@](=O)[C@H](C)c2ccc(Cl)c(Cl)c2)o1. The first kappa shape index (κ1) is 16.5. The minimum atomic E-state index is -0.989. The number of nitrogens with zero attached hydrogens (tertiary/aromatic N) is 2. The van der Waals surface area contributed by atoms with E-state index in [1.54, 1.807) is 19.1 Å². The first-order chi connectivity index (χ1) is 9.97. The van der Waals surface area contributed by atoms with Crippen LogP contribution in [-0.4, -0.2) is 20.2 Å². The second-order valence-electron chi connectivity index (χ2n) is 4.72. The molecular formula is C14H16Cl2N2O2S. The molecule has 4 nitrogen and oxygen atoms in total. The molecule has 7 heteroatoms. The molecule has 0 amide bonds. The van der Waals surface area contributed by atoms with Gasteiger partial charge in [-0.1, -0.05) is 29.3 Å². The highest BCUT2D eigenvalue weighted by Gasteiger charge is 2.15. The lowest BCUT2D eigenvalue weighted by atomic mass is 10.2. The lowest BCUT2D eigenvalue weighted by Gasteiger charge is -2.12. The van der Waals surface area contributed by atoms with E-state index in [-0.39, 0.29) is 5.25 Å². The van der Waals surface area contributed by atoms with E-state index in [0.29, 0.717) is 34.0 Å². The van der Waals surface area contributed by atoms with E-state index in [2.05, 4.69) is 10.2 Å². The molecule has 1 heterocycles. The van der Waals surface area contributed by atoms with E-state index < -0.39 is 10.8 Å². The van der Waals surface area contributed by atoms with E-state index in [1.165, 1.54) is 0 Å². The summed E-state index contributed by atoms with van der Waals surface area (Å²) in [5, 5.41) is 8.58. The highest BCUT2D eigenvalue weighted by Crippen LogP contribution is 2.28. The summed E-state index contributed by atoms with van der Waals surface area (Å²) < 4.78 is 17.6. The van der Waals surface area contributed by atoms with Gasteiger partial charge in [0.05, 0.1) is 15.3 Å². The van der Waals surface area contributed by atoms with Gasteiger partial charge in [0.1, 0.15) is 0 Å². The predicted octanol–water partition coefficient (Wildman–Crippen LogP) is 4.13. The third-order valence-corrected chi connectivity index (χ3v) is 5.60. The van der Waals surface area contributed by atoms with Crippen molar-refractivity contribution in [2.45, 2.75) is 31.9 Å². The first-order valence-corrected chi connectivity index (χ1v) is 8.72. The summed E-state index contributed by atoms with van der Waals surface area (Å²) in [5.41, 5.74) is 0.927. The first-order valence-electron chi connectivity index (χ1n) is 6.58. The molecule has 0 radical (unpaired) electrons. The maximum Gasteiger partial charge on any atom is 0.216 e. The normalized spacial score (nSPS) is 14.1. The van der Waals surface area contributed by atoms with Gasteiger partial charge in [-0.3, -0.25) is 4.21 Å². The fourth-order valence-electron chi connectivity index (χ4n) is 1.90. The topological polar surface area (TPSA) is 56.0 Å². The van der Waals surface area contributed by atoms with Crippen LogP contribution >= 0.6 is 23.2 Å². The molecule has 2 atom stereocenters. The average Bonchev–Trinajstić information content (AvgIpc) is 2.86. The Kier molecular flexibility index (Phi) is 5.79. The Labute approximate surface area is 136 Å². The van der Waals surface area contributed by atoms with Crippen molar-refractivity contribution in [3.05, 3.63) is 45.6 Å². The van der Waals surface area contributed by atoms with Crippen molar-refractivity contribution < 1.29 is 8.63 Å². The second kappa shape index (κ2) is 7.38. The van der Waals surface area contributed by atoms with Crippen molar-refractivity contribution in [3.8, 4) is 0 Å². The number of rotatable bonds is 6. The van der Waals surface area contributed by atoms with Crippen LogP contribution in [0.15, 0.2) is 22.6 Å². The molecule has 114 valence electrons. The van der Waals surface area contributed by atoms with Crippen LogP contribution in [0.4, 0.5) is 0 Å². The van der Waals surface area contributed by atoms with Crippen LogP contribution in [0.1, 0.15) is 35.9 Å². The van der Waals surface area contributed by atoms with Crippen molar-refractivity contribution in [1.82, 2.24) is 10.2 Å². The summed E-state index contributed by atoms with van der Waals surface area (Å²) in [6.45, 7) is 3.67. The van der Waals surface area contributed by atoms with Crippen LogP contribution in [0.3, 0.4) is 0 Å². The molecule has 2 rings (SSSR count). The Bertz CT molecular complexity index is 646. The smallest absolute Gasteiger partial charge is 0.216 e. The summed E-state index contributed by atoms with van der Waals surface area (Å²) in [7, 11) is -0.989. The van der Waals surface area contributed by atoms with Crippen LogP contribution in [0.2, 0.25) is 10.0 Å². The van der Waals surface area contributed by atoms with Crippen molar-refractivity contribution in [2.75, 3.05) is 5.75 Å². The van der Waals surface area contributed by atoms with Gasteiger partial charge in [-0.2, -0.15) is 0 Å². The number of hydrogen-bond donors (Lipinski definition) is 0. The van der Waals surface area contributed by atoms with E-state index in [0.717, 1.165) is 12.0 Å². The van der Waals surface area contributed by atoms with Gasteiger partial charge in [0.2, 0.25) is 11.8 Å². The molecule has 0 saturated heterocycles. The van der Waals surface area contributed by atoms with Crippen LogP contribution in [0.5, 0.6) is 0 Å². The predicted molar refractivity (Wildman–Crippen MR) is 85.2 cm³/mol. The van der Waals surface area contributed by atoms with Gasteiger partial charge in [-0.25, -0.2) is 0 Å². The minimum absolute atomic E-state index is 0.0933. The zero-order valence-corrected chi connectivity index (χ0v) is 14.1. The molecule has 0 spiro atoms. The van der Waals surface area contributed by atoms with Crippen LogP contribution < -0.4 is 0 Å². The van der Waals surface area contributed by atoms with Gasteiger partial charge in [0, 0.05) is 29.9 Å². The Balaban J connectivity index is 1.88. The van der Waals surface area contributed by atoms with Gasteiger partial charge in [0.25, 0.3) is 0 Å². The number of halogens is 2. The number of aromatic nitrogens is 2. The zero-order valence-electron chi connectivity index (χ0n) is 11.8. The average molecular weight is 347 g/mol. The molecule has 0 aliphatic heterocycles. The minimum Gasteiger partial charge on any atom is -0.426 e. The second-order valence-corrected chi connectivity index (χ2v) is 7.41. The zero-order chi connectivity index (χ0) is 15.4. The summed E-state index contributed by atoms with van der Waals surface area (Å²) in [6, 6.07) is 5.36. The molecular weight excluding hydrogens is 331 g/mol. The van der Waals surface area contributed by atoms with Gasteiger partial charge in [0.15, 0.2) is 0 Å². The Hall–Kier alpha value is -0.910. The maximum absolute atomic E-state index is 12.3. The molecule has 0 bridgehead atoms. The Morgan fingerprint density at radius 1 is 1.29 bits per heavy atom. The number of hydrogen-bond acceptors (Lipinski definition) is 4. The van der Waals surface area contributed by atoms with Crippen molar-refractivity contribution in [1.29, 1.82) is 0 Å². The van der Waals surface area contributed by atoms with Crippen molar-refractivity contribution in [2.24, 2.45) is 0 Å². The van der Waals surface area contributed by atoms with Crippen LogP contribution in [-0.2, 0) is 17.2 Å². The molecule has 0 aliphatic rings. The molecule has 21 heavy (non-hydrogen) atoms. The third kappa shape index (κ3) is 4.53. The largest absolute Gasteiger partial charge is 0.426 e. The number of aryl methyl sites for hydroxylation is 2. The van der Waals surface area contributed by atoms with E-state index in [9.17, 15) is 4.21 Å². The summed E-state index contributed by atoms with van der Waals surface area (Å²) in [4.78, 5) is 0. The lowest BCUT2D eigenvalue weighted by molar-refractivity contribution is 0.465. The van der Waals surface area contributed by atoms with E-state index in [1.807, 2.05) is 13.0 Å². The fraction of sp³-hybridized carbons (Fsp3) is 0.429. The Morgan fingerprint density at radius 2 is 2.05 bits per heavy atom. The quantitative estimate of drug-likeness (QED) is 0.788. The highest BCUT2D eigenvalue weighted by molar-refractivity contribution is 7.85. The van der Waals surface area contributed by atoms with Gasteiger partial charge in [-0.05, 0) is 31.0 Å². The van der Waals surface area contributed by atoms with Gasteiger partial charge >= 0.3 is 0 Å². The molecule has 0 unspecified atom stereocenters. The molecule has 0 fully saturated rings. The molecule has 2 aromatic rings. The Morgan fingerprint density at radius 3 is 2.67 bits per heavy atom. The molecule has 0 saturated carbocycles. The monoisotopic (exact) mass is 346 g/mol. The summed E-state index contributed by atoms with van der Waals surface area (Å²) in [5.74, 6) is 1.71. The van der Waals surface area contributed by atoms with Gasteiger partial charge in [-0.15, -0.1) is 10.2 Å². The summed E-state index contributed by atoms with van der Waals surface area (Å²) in [6.07, 6.45) is 1.38. The molecule has 1 aromatic carbocycles. The van der Waals surface area contributed by atoms with E-state index >= 15 is 0 Å². The lowest BCUT2D eigenvalue weighted by Crippen LogP contribution is -2.07. The summed E-state index contributed by atoms with van der Waals surface area (Å²) >= 11 is 11.9. The van der Waals surface area contributed by atoms with Crippen molar-refractivity contribution >= 4 is 34.0 Å². The highest BCUT2D eigenvalue weighted by atomic mass is 35.5. The number of benzene rings is 1. The van der Waals surface area contributed by atoms with Crippen molar-refractivity contribution in [3.63, 3.8) is 0 Å². The standard InChI is InChI=1S/C14H16Cl2N2O2S/c1-9(11-5-6-12(15)13(16)8-11)21(19)7-3-4-14-18-17-10(2)20-14/h5-6,8-9H,3-4,7H2,1-2H3/t9-,21+/m1/s1. The van der Waals surface area contributed by atoms with E-state index in [4.69, 9.17) is 27.6 Å². The van der Waals surface area contributed by atoms with Crippen LogP contribution in [0.25, 0.3) is 0 Å². The van der Waals surface area contributed by atoms with Crippen LogP contribution in [0, 0.1) is 6.92 Å². The maximum atomic E-state index is 12.3.